The fourth-order valence-electron chi connectivity index (χ4n) is 3.27. The molecule has 0 saturated carbocycles. The van der Waals surface area contributed by atoms with E-state index in [1.54, 1.807) is 0 Å². The van der Waals surface area contributed by atoms with E-state index in [9.17, 15) is 14.4 Å². The van der Waals surface area contributed by atoms with Crippen molar-refractivity contribution in [3.05, 3.63) is 57.3 Å². The molecule has 0 bridgehead atoms. The van der Waals surface area contributed by atoms with Crippen molar-refractivity contribution < 1.29 is 14.4 Å². The molecule has 130 valence electrons. The average molecular weight is 356 g/mol. The van der Waals surface area contributed by atoms with Crippen molar-refractivity contribution in [1.29, 1.82) is 0 Å². The molecule has 0 spiro atoms. The summed E-state index contributed by atoms with van der Waals surface area (Å²) in [5.74, 6) is -0.588. The largest absolute Gasteiger partial charge is 0.325 e. The Balaban J connectivity index is 1.89. The van der Waals surface area contributed by atoms with E-state index in [4.69, 9.17) is 0 Å². The quantitative estimate of drug-likeness (QED) is 0.659. The molecule has 6 heteroatoms. The SMILES string of the molecule is CC[C@]1(c2ccccc2)NC(=O)N(CC(=O)c2cc(C)sc2C)C1=O. The van der Waals surface area contributed by atoms with Crippen LogP contribution in [0.2, 0.25) is 0 Å². The number of hydrogen-bond acceptors (Lipinski definition) is 4. The molecule has 3 amide bonds. The Bertz CT molecular complexity index is 844. The first-order chi connectivity index (χ1) is 11.9. The first-order valence-corrected chi connectivity index (χ1v) is 9.00. The van der Waals surface area contributed by atoms with E-state index < -0.39 is 11.6 Å². The zero-order chi connectivity index (χ0) is 18.2. The van der Waals surface area contributed by atoms with Crippen molar-refractivity contribution >= 4 is 29.1 Å². The molecule has 2 heterocycles. The lowest BCUT2D eigenvalue weighted by Crippen LogP contribution is -2.43. The number of rotatable bonds is 5. The third-order valence-electron chi connectivity index (χ3n) is 4.62. The number of imide groups is 1. The van der Waals surface area contributed by atoms with Gasteiger partial charge in [0.15, 0.2) is 5.78 Å². The second-order valence-electron chi connectivity index (χ2n) is 6.20. The molecular formula is C19H20N2O3S. The number of nitrogens with one attached hydrogen (secondary N) is 1. The van der Waals surface area contributed by atoms with Crippen molar-refractivity contribution in [2.24, 2.45) is 0 Å². The van der Waals surface area contributed by atoms with Gasteiger partial charge in [-0.15, -0.1) is 11.3 Å². The molecule has 2 aromatic rings. The summed E-state index contributed by atoms with van der Waals surface area (Å²) in [4.78, 5) is 41.0. The van der Waals surface area contributed by atoms with Gasteiger partial charge in [0.25, 0.3) is 5.91 Å². The molecule has 1 aliphatic heterocycles. The van der Waals surface area contributed by atoms with Gasteiger partial charge in [0.05, 0.1) is 6.54 Å². The number of carbonyl (C=O) groups excluding carboxylic acids is 3. The lowest BCUT2D eigenvalue weighted by Gasteiger charge is -2.25. The first kappa shape index (κ1) is 17.4. The predicted octanol–water partition coefficient (Wildman–Crippen LogP) is 3.40. The highest BCUT2D eigenvalue weighted by molar-refractivity contribution is 7.12. The Kier molecular flexibility index (Phi) is 4.47. The van der Waals surface area contributed by atoms with Crippen molar-refractivity contribution in [3.63, 3.8) is 0 Å². The Morgan fingerprint density at radius 1 is 1.20 bits per heavy atom. The zero-order valence-electron chi connectivity index (χ0n) is 14.5. The highest BCUT2D eigenvalue weighted by atomic mass is 32.1. The van der Waals surface area contributed by atoms with Gasteiger partial charge in [0.2, 0.25) is 0 Å². The van der Waals surface area contributed by atoms with Gasteiger partial charge >= 0.3 is 6.03 Å². The maximum absolute atomic E-state index is 13.0. The number of hydrogen-bond donors (Lipinski definition) is 1. The van der Waals surface area contributed by atoms with Crippen LogP contribution in [-0.2, 0) is 10.3 Å². The van der Waals surface area contributed by atoms with Crippen molar-refractivity contribution in [2.75, 3.05) is 6.54 Å². The molecule has 25 heavy (non-hydrogen) atoms. The molecule has 1 N–H and O–H groups in total. The number of amides is 3. The summed E-state index contributed by atoms with van der Waals surface area (Å²) in [6.07, 6.45) is 0.420. The summed E-state index contributed by atoms with van der Waals surface area (Å²) in [7, 11) is 0. The second kappa shape index (κ2) is 6.44. The average Bonchev–Trinajstić information content (AvgIpc) is 3.06. The van der Waals surface area contributed by atoms with Crippen LogP contribution in [0.25, 0.3) is 0 Å². The Hall–Kier alpha value is -2.47. The summed E-state index contributed by atoms with van der Waals surface area (Å²) in [5.41, 5.74) is 0.211. The molecule has 0 aliphatic carbocycles. The van der Waals surface area contributed by atoms with Crippen molar-refractivity contribution in [3.8, 4) is 0 Å². The van der Waals surface area contributed by atoms with Gasteiger partial charge < -0.3 is 5.32 Å². The fraction of sp³-hybridized carbons (Fsp3) is 0.316. The summed E-state index contributed by atoms with van der Waals surface area (Å²) in [6, 6.07) is 10.4. The number of Topliss-reactive ketones (excluding diaryl/α,β-unsaturated/α-hetero) is 1. The van der Waals surface area contributed by atoms with Gasteiger partial charge in [-0.05, 0) is 31.9 Å². The van der Waals surface area contributed by atoms with Gasteiger partial charge in [-0.25, -0.2) is 4.79 Å². The molecule has 1 atom stereocenters. The second-order valence-corrected chi connectivity index (χ2v) is 7.66. The van der Waals surface area contributed by atoms with E-state index in [1.165, 1.54) is 11.3 Å². The standard InChI is InChI=1S/C19H20N2O3S/c1-4-19(14-8-6-5-7-9-14)17(23)21(18(24)20-19)11-16(22)15-10-12(2)25-13(15)3/h5-10H,4,11H2,1-3H3,(H,20,24)/t19-/m1/s1. The van der Waals surface area contributed by atoms with Gasteiger partial charge in [-0.1, -0.05) is 37.3 Å². The third kappa shape index (κ3) is 2.87. The molecule has 1 aromatic carbocycles. The van der Waals surface area contributed by atoms with Crippen molar-refractivity contribution in [1.82, 2.24) is 10.2 Å². The molecule has 1 aliphatic rings. The normalized spacial score (nSPS) is 20.0. The summed E-state index contributed by atoms with van der Waals surface area (Å²) < 4.78 is 0. The molecule has 3 rings (SSSR count). The molecular weight excluding hydrogens is 336 g/mol. The summed E-state index contributed by atoms with van der Waals surface area (Å²) >= 11 is 1.53. The number of benzene rings is 1. The molecule has 0 radical (unpaired) electrons. The van der Waals surface area contributed by atoms with Gasteiger partial charge in [0.1, 0.15) is 5.54 Å². The summed E-state index contributed by atoms with van der Waals surface area (Å²) in [5, 5.41) is 2.80. The minimum Gasteiger partial charge on any atom is -0.319 e. The maximum Gasteiger partial charge on any atom is 0.325 e. The van der Waals surface area contributed by atoms with Crippen LogP contribution in [0.4, 0.5) is 4.79 Å². The maximum atomic E-state index is 13.0. The van der Waals surface area contributed by atoms with E-state index in [-0.39, 0.29) is 18.2 Å². The summed E-state index contributed by atoms with van der Waals surface area (Å²) in [6.45, 7) is 5.41. The molecule has 5 nitrogen and oxygen atoms in total. The van der Waals surface area contributed by atoms with Gasteiger partial charge in [-0.2, -0.15) is 0 Å². The van der Waals surface area contributed by atoms with Gasteiger partial charge in [0, 0.05) is 15.3 Å². The number of carbonyl (C=O) groups is 3. The number of ketones is 1. The van der Waals surface area contributed by atoms with Crippen molar-refractivity contribution in [2.45, 2.75) is 32.7 Å². The lowest BCUT2D eigenvalue weighted by atomic mass is 9.87. The van der Waals surface area contributed by atoms with E-state index in [2.05, 4.69) is 5.32 Å². The van der Waals surface area contributed by atoms with Crippen LogP contribution in [-0.4, -0.2) is 29.2 Å². The topological polar surface area (TPSA) is 66.5 Å². The fourth-order valence-corrected chi connectivity index (χ4v) is 4.21. The van der Waals surface area contributed by atoms with E-state index in [0.717, 1.165) is 20.2 Å². The Morgan fingerprint density at radius 3 is 2.44 bits per heavy atom. The predicted molar refractivity (Wildman–Crippen MR) is 96.8 cm³/mol. The zero-order valence-corrected chi connectivity index (χ0v) is 15.3. The van der Waals surface area contributed by atoms with Gasteiger partial charge in [-0.3, -0.25) is 14.5 Å². The third-order valence-corrected chi connectivity index (χ3v) is 5.58. The van der Waals surface area contributed by atoms with Crippen LogP contribution >= 0.6 is 11.3 Å². The monoisotopic (exact) mass is 356 g/mol. The highest BCUT2D eigenvalue weighted by Gasteiger charge is 2.51. The molecule has 1 saturated heterocycles. The minimum absolute atomic E-state index is 0.217. The smallest absolute Gasteiger partial charge is 0.319 e. The van der Waals surface area contributed by atoms with Crippen LogP contribution in [0.3, 0.4) is 0 Å². The molecule has 0 unspecified atom stereocenters. The van der Waals surface area contributed by atoms with E-state index in [1.807, 2.05) is 57.2 Å². The molecule has 1 aromatic heterocycles. The highest BCUT2D eigenvalue weighted by Crippen LogP contribution is 2.32. The number of nitrogens with zero attached hydrogens (tertiary/aromatic N) is 1. The van der Waals surface area contributed by atoms with Crippen LogP contribution in [0, 0.1) is 13.8 Å². The van der Waals surface area contributed by atoms with Crippen LogP contribution in [0.1, 0.15) is 39.0 Å². The lowest BCUT2D eigenvalue weighted by molar-refractivity contribution is -0.131. The number of thiophene rings is 1. The Labute approximate surface area is 150 Å². The van der Waals surface area contributed by atoms with Crippen LogP contribution in [0.15, 0.2) is 36.4 Å². The number of urea groups is 1. The minimum atomic E-state index is -1.10. The van der Waals surface area contributed by atoms with Crippen LogP contribution in [0.5, 0.6) is 0 Å². The van der Waals surface area contributed by atoms with Crippen LogP contribution < -0.4 is 5.32 Å². The van der Waals surface area contributed by atoms with E-state index >= 15 is 0 Å². The first-order valence-electron chi connectivity index (χ1n) is 8.19. The van der Waals surface area contributed by atoms with E-state index in [0.29, 0.717) is 12.0 Å². The number of aryl methyl sites for hydroxylation is 2. The Morgan fingerprint density at radius 2 is 1.88 bits per heavy atom. The molecule has 1 fully saturated rings.